The normalized spacial score (nSPS) is 15.2. The minimum Gasteiger partial charge on any atom is -0.396 e. The van der Waals surface area contributed by atoms with Crippen molar-refractivity contribution in [1.29, 1.82) is 0 Å². The molecule has 4 nitrogen and oxygen atoms in total. The predicted molar refractivity (Wildman–Crippen MR) is 60.4 cm³/mol. The van der Waals surface area contributed by atoms with E-state index in [1.54, 1.807) is 6.20 Å². The molecule has 1 unspecified atom stereocenters. The molecule has 0 radical (unpaired) electrons. The van der Waals surface area contributed by atoms with Gasteiger partial charge in [0.05, 0.1) is 0 Å². The summed E-state index contributed by atoms with van der Waals surface area (Å²) in [4.78, 5) is 0. The molecule has 0 aromatic carbocycles. The summed E-state index contributed by atoms with van der Waals surface area (Å²) < 4.78 is 1.87. The van der Waals surface area contributed by atoms with Crippen LogP contribution in [0.1, 0.15) is 25.5 Å². The molecule has 4 heteroatoms. The molecule has 86 valence electrons. The molecular formula is C11H21N3O. The number of nitrogens with two attached hydrogens (primary N) is 1. The summed E-state index contributed by atoms with van der Waals surface area (Å²) in [6.45, 7) is 2.78. The van der Waals surface area contributed by atoms with E-state index in [-0.39, 0.29) is 12.0 Å². The Balaban J connectivity index is 2.58. The minimum absolute atomic E-state index is 0.121. The van der Waals surface area contributed by atoms with E-state index in [9.17, 15) is 5.11 Å². The second kappa shape index (κ2) is 5.28. The average molecular weight is 211 g/mol. The summed E-state index contributed by atoms with van der Waals surface area (Å²) in [6.07, 6.45) is 4.54. The van der Waals surface area contributed by atoms with Gasteiger partial charge >= 0.3 is 0 Å². The van der Waals surface area contributed by atoms with E-state index in [2.05, 4.69) is 12.0 Å². The molecule has 3 N–H and O–H groups in total. The zero-order valence-corrected chi connectivity index (χ0v) is 9.61. The molecule has 0 spiro atoms. The van der Waals surface area contributed by atoms with Gasteiger partial charge in [-0.2, -0.15) is 5.10 Å². The monoisotopic (exact) mass is 211 g/mol. The Bertz CT molecular complexity index is 284. The fourth-order valence-electron chi connectivity index (χ4n) is 1.72. The van der Waals surface area contributed by atoms with Crippen molar-refractivity contribution in [3.05, 3.63) is 18.0 Å². The molecule has 1 aromatic rings. The van der Waals surface area contributed by atoms with E-state index >= 15 is 0 Å². The van der Waals surface area contributed by atoms with Gasteiger partial charge in [-0.15, -0.1) is 0 Å². The van der Waals surface area contributed by atoms with Crippen molar-refractivity contribution in [3.63, 3.8) is 0 Å². The van der Waals surface area contributed by atoms with Crippen molar-refractivity contribution >= 4 is 0 Å². The van der Waals surface area contributed by atoms with Crippen LogP contribution in [0.3, 0.4) is 0 Å². The van der Waals surface area contributed by atoms with Crippen molar-refractivity contribution in [1.82, 2.24) is 9.78 Å². The lowest BCUT2D eigenvalue weighted by Crippen LogP contribution is -2.34. The number of aryl methyl sites for hydroxylation is 2. The zero-order valence-electron chi connectivity index (χ0n) is 9.61. The lowest BCUT2D eigenvalue weighted by atomic mass is 9.81. The topological polar surface area (TPSA) is 64.1 Å². The number of nitrogens with zero attached hydrogens (tertiary/aromatic N) is 2. The Morgan fingerprint density at radius 2 is 2.33 bits per heavy atom. The minimum atomic E-state index is -0.121. The Labute approximate surface area is 91.1 Å². The molecule has 0 aliphatic heterocycles. The SMILES string of the molecule is CCC(CN)(CO)CCc1ccnn1C. The van der Waals surface area contributed by atoms with Crippen LogP contribution in [0.15, 0.2) is 12.3 Å². The first-order chi connectivity index (χ1) is 7.17. The first kappa shape index (κ1) is 12.2. The van der Waals surface area contributed by atoms with E-state index in [4.69, 9.17) is 5.73 Å². The molecule has 15 heavy (non-hydrogen) atoms. The molecule has 0 aliphatic carbocycles. The Morgan fingerprint density at radius 3 is 2.73 bits per heavy atom. The summed E-state index contributed by atoms with van der Waals surface area (Å²) in [5.74, 6) is 0. The molecule has 1 aromatic heterocycles. The number of aromatic nitrogens is 2. The molecular weight excluding hydrogens is 190 g/mol. The van der Waals surface area contributed by atoms with Gasteiger partial charge in [-0.3, -0.25) is 4.68 Å². The Morgan fingerprint density at radius 1 is 1.60 bits per heavy atom. The summed E-state index contributed by atoms with van der Waals surface area (Å²) in [7, 11) is 1.93. The van der Waals surface area contributed by atoms with Gasteiger partial charge in [0.1, 0.15) is 0 Å². The summed E-state index contributed by atoms with van der Waals surface area (Å²) >= 11 is 0. The number of aliphatic hydroxyl groups is 1. The van der Waals surface area contributed by atoms with Gasteiger partial charge in [-0.1, -0.05) is 6.92 Å². The highest BCUT2D eigenvalue weighted by Gasteiger charge is 2.25. The van der Waals surface area contributed by atoms with Crippen LogP contribution in [-0.4, -0.2) is 28.0 Å². The second-order valence-electron chi connectivity index (χ2n) is 4.16. The van der Waals surface area contributed by atoms with Crippen LogP contribution in [0.5, 0.6) is 0 Å². The largest absolute Gasteiger partial charge is 0.396 e. The molecule has 0 saturated carbocycles. The number of hydrogen-bond donors (Lipinski definition) is 2. The van der Waals surface area contributed by atoms with Crippen LogP contribution >= 0.6 is 0 Å². The molecule has 0 bridgehead atoms. The standard InChI is InChI=1S/C11H21N3O/c1-3-11(8-12,9-15)6-4-10-5-7-13-14(10)2/h5,7,15H,3-4,6,8-9,12H2,1-2H3. The molecule has 0 amide bonds. The summed E-state index contributed by atoms with van der Waals surface area (Å²) in [5, 5.41) is 13.5. The third-order valence-corrected chi connectivity index (χ3v) is 3.35. The maximum atomic E-state index is 9.37. The quantitative estimate of drug-likeness (QED) is 0.728. The third kappa shape index (κ3) is 2.79. The Hall–Kier alpha value is -0.870. The lowest BCUT2D eigenvalue weighted by Gasteiger charge is -2.28. The van der Waals surface area contributed by atoms with Gasteiger partial charge < -0.3 is 10.8 Å². The van der Waals surface area contributed by atoms with Gasteiger partial charge in [-0.25, -0.2) is 0 Å². The Kier molecular flexibility index (Phi) is 4.29. The van der Waals surface area contributed by atoms with Gasteiger partial charge in [0.15, 0.2) is 0 Å². The molecule has 0 aliphatic rings. The van der Waals surface area contributed by atoms with Gasteiger partial charge in [-0.05, 0) is 25.3 Å². The highest BCUT2D eigenvalue weighted by atomic mass is 16.3. The van der Waals surface area contributed by atoms with Crippen LogP contribution in [0.2, 0.25) is 0 Å². The fraction of sp³-hybridized carbons (Fsp3) is 0.727. The average Bonchev–Trinajstić information content (AvgIpc) is 2.67. The van der Waals surface area contributed by atoms with E-state index in [0.717, 1.165) is 19.3 Å². The smallest absolute Gasteiger partial charge is 0.0499 e. The molecule has 0 saturated heterocycles. The van der Waals surface area contributed by atoms with Crippen LogP contribution < -0.4 is 5.73 Å². The van der Waals surface area contributed by atoms with Crippen molar-refractivity contribution < 1.29 is 5.11 Å². The molecule has 0 fully saturated rings. The van der Waals surface area contributed by atoms with Crippen LogP contribution in [0.25, 0.3) is 0 Å². The highest BCUT2D eigenvalue weighted by Crippen LogP contribution is 2.26. The van der Waals surface area contributed by atoms with Crippen LogP contribution in [-0.2, 0) is 13.5 Å². The summed E-state index contributed by atoms with van der Waals surface area (Å²) in [6, 6.07) is 2.01. The van der Waals surface area contributed by atoms with Crippen molar-refractivity contribution in [3.8, 4) is 0 Å². The highest BCUT2D eigenvalue weighted by molar-refractivity contribution is 5.01. The first-order valence-electron chi connectivity index (χ1n) is 5.45. The van der Waals surface area contributed by atoms with Gasteiger partial charge in [0.25, 0.3) is 0 Å². The van der Waals surface area contributed by atoms with Gasteiger partial charge in [0.2, 0.25) is 0 Å². The maximum absolute atomic E-state index is 9.37. The number of rotatable bonds is 6. The van der Waals surface area contributed by atoms with Crippen LogP contribution in [0, 0.1) is 5.41 Å². The van der Waals surface area contributed by atoms with E-state index in [0.29, 0.717) is 6.54 Å². The van der Waals surface area contributed by atoms with Crippen molar-refractivity contribution in [2.45, 2.75) is 26.2 Å². The number of hydrogen-bond acceptors (Lipinski definition) is 3. The first-order valence-corrected chi connectivity index (χ1v) is 5.45. The maximum Gasteiger partial charge on any atom is 0.0499 e. The van der Waals surface area contributed by atoms with E-state index in [1.165, 1.54) is 5.69 Å². The second-order valence-corrected chi connectivity index (χ2v) is 4.16. The summed E-state index contributed by atoms with van der Waals surface area (Å²) in [5.41, 5.74) is 6.79. The number of aliphatic hydroxyl groups excluding tert-OH is 1. The van der Waals surface area contributed by atoms with E-state index < -0.39 is 0 Å². The van der Waals surface area contributed by atoms with Crippen LogP contribution in [0.4, 0.5) is 0 Å². The van der Waals surface area contributed by atoms with Crippen molar-refractivity contribution in [2.75, 3.05) is 13.2 Å². The van der Waals surface area contributed by atoms with Gasteiger partial charge in [0, 0.05) is 37.5 Å². The lowest BCUT2D eigenvalue weighted by molar-refractivity contribution is 0.117. The molecule has 1 atom stereocenters. The molecule has 1 heterocycles. The predicted octanol–water partition coefficient (Wildman–Crippen LogP) is 0.700. The van der Waals surface area contributed by atoms with Crippen molar-refractivity contribution in [2.24, 2.45) is 18.2 Å². The third-order valence-electron chi connectivity index (χ3n) is 3.35. The molecule has 1 rings (SSSR count). The zero-order chi connectivity index (χ0) is 11.3. The fourth-order valence-corrected chi connectivity index (χ4v) is 1.72. The van der Waals surface area contributed by atoms with E-state index in [1.807, 2.05) is 17.8 Å².